The number of H-pyrrole nitrogens is 2. The van der Waals surface area contributed by atoms with Crippen LogP contribution in [0, 0.1) is 0 Å². The van der Waals surface area contributed by atoms with Crippen molar-refractivity contribution in [3.63, 3.8) is 0 Å². The Bertz CT molecular complexity index is 1980. The van der Waals surface area contributed by atoms with Crippen molar-refractivity contribution in [2.75, 3.05) is 27.4 Å². The van der Waals surface area contributed by atoms with Crippen molar-refractivity contribution >= 4 is 11.6 Å². The lowest BCUT2D eigenvalue weighted by Crippen LogP contribution is -2.54. The van der Waals surface area contributed by atoms with Gasteiger partial charge in [0.25, 0.3) is 17.8 Å². The van der Waals surface area contributed by atoms with Crippen molar-refractivity contribution in [1.29, 1.82) is 0 Å². The van der Waals surface area contributed by atoms with E-state index >= 15 is 0 Å². The number of amides is 1. The number of nitrogens with zero attached hydrogens (tertiary/aromatic N) is 3. The Labute approximate surface area is 324 Å². The Hall–Kier alpha value is -4.44. The van der Waals surface area contributed by atoms with E-state index in [1.807, 2.05) is 55.5 Å². The Balaban J connectivity index is 1.13. The van der Waals surface area contributed by atoms with Crippen molar-refractivity contribution in [3.05, 3.63) is 72.6 Å². The standard InChI is InChI=1S/C41H50F4N6O5/c1-24(53-6)33(48-26(3)38(4)16-18-40(42,43)22-55-38)35-46-20-31(49-35)29-12-8-27(9-13-29)28-10-14-30(15-11-28)32-21-47-36(50-32)34(25(2)54-7)51-37(52)39(5)17-19-41(44,45)23-56-39/h8-15,20-21,24-25,33-34H,16-19,22-23H2,1-7H3,(H,46,49)(H,47,50)(H,51,52)/t24-,25-,33+,34+,38-,39-/m1/s1. The van der Waals surface area contributed by atoms with E-state index in [1.165, 1.54) is 14.0 Å². The molecule has 2 aromatic carbocycles. The highest BCUT2D eigenvalue weighted by Gasteiger charge is 2.47. The van der Waals surface area contributed by atoms with Gasteiger partial charge in [0.15, 0.2) is 0 Å². The third kappa shape index (κ3) is 9.06. The van der Waals surface area contributed by atoms with Crippen molar-refractivity contribution in [1.82, 2.24) is 25.3 Å². The van der Waals surface area contributed by atoms with E-state index in [2.05, 4.69) is 25.3 Å². The van der Waals surface area contributed by atoms with Crippen molar-refractivity contribution in [2.24, 2.45) is 4.99 Å². The third-order valence-corrected chi connectivity index (χ3v) is 11.2. The fourth-order valence-electron chi connectivity index (χ4n) is 6.79. The monoisotopic (exact) mass is 782 g/mol. The normalized spacial score (nSPS) is 24.6. The van der Waals surface area contributed by atoms with Crippen LogP contribution >= 0.6 is 0 Å². The molecule has 2 aromatic heterocycles. The molecule has 2 aliphatic rings. The summed E-state index contributed by atoms with van der Waals surface area (Å²) >= 11 is 0. The van der Waals surface area contributed by atoms with E-state index in [1.54, 1.807) is 40.3 Å². The number of methoxy groups -OCH3 is 2. The maximum absolute atomic E-state index is 13.8. The minimum Gasteiger partial charge on any atom is -0.379 e. The first-order chi connectivity index (χ1) is 26.4. The second-order valence-electron chi connectivity index (χ2n) is 15.3. The smallest absolute Gasteiger partial charge is 0.271 e. The molecular formula is C41H50F4N6O5. The predicted octanol–water partition coefficient (Wildman–Crippen LogP) is 8.27. The maximum Gasteiger partial charge on any atom is 0.271 e. The number of halogens is 4. The maximum atomic E-state index is 13.8. The van der Waals surface area contributed by atoms with Crippen LogP contribution in [-0.2, 0) is 23.7 Å². The van der Waals surface area contributed by atoms with Gasteiger partial charge in [-0.05, 0) is 69.7 Å². The number of aliphatic imine (C=N–C) groups is 1. The topological polar surface area (TPSA) is 136 Å². The molecule has 6 rings (SSSR count). The van der Waals surface area contributed by atoms with Crippen LogP contribution in [0.15, 0.2) is 65.9 Å². The van der Waals surface area contributed by atoms with E-state index in [-0.39, 0.29) is 25.4 Å². The van der Waals surface area contributed by atoms with Crippen molar-refractivity contribution in [2.45, 2.75) is 108 Å². The van der Waals surface area contributed by atoms with Crippen molar-refractivity contribution in [3.8, 4) is 33.6 Å². The fraction of sp³-hybridized carbons (Fsp3) is 0.512. The summed E-state index contributed by atoms with van der Waals surface area (Å²) in [5.41, 5.74) is 3.59. The minimum absolute atomic E-state index is 0.112. The second kappa shape index (κ2) is 16.2. The average molecular weight is 783 g/mol. The number of hydrogen-bond acceptors (Lipinski definition) is 8. The number of imidazole rings is 2. The Kier molecular flexibility index (Phi) is 11.9. The van der Waals surface area contributed by atoms with Crippen LogP contribution in [0.3, 0.4) is 0 Å². The zero-order valence-corrected chi connectivity index (χ0v) is 32.7. The number of alkyl halides is 4. The number of aromatic nitrogens is 4. The molecule has 2 saturated heterocycles. The molecule has 3 N–H and O–H groups in total. The summed E-state index contributed by atoms with van der Waals surface area (Å²) in [6.07, 6.45) is 1.94. The molecule has 0 bridgehead atoms. The lowest BCUT2D eigenvalue weighted by molar-refractivity contribution is -0.190. The van der Waals surface area contributed by atoms with Gasteiger partial charge in [-0.3, -0.25) is 9.79 Å². The van der Waals surface area contributed by atoms with Crippen LogP contribution in [0.25, 0.3) is 33.6 Å². The molecule has 2 fully saturated rings. The van der Waals surface area contributed by atoms with E-state index in [0.29, 0.717) is 17.4 Å². The second-order valence-corrected chi connectivity index (χ2v) is 15.3. The number of aromatic amines is 2. The average Bonchev–Trinajstić information content (AvgIpc) is 3.89. The van der Waals surface area contributed by atoms with Gasteiger partial charge >= 0.3 is 0 Å². The van der Waals surface area contributed by atoms with Gasteiger partial charge < -0.3 is 34.2 Å². The molecule has 4 heterocycles. The fourth-order valence-corrected chi connectivity index (χ4v) is 6.79. The quantitative estimate of drug-likeness (QED) is 0.0918. The molecule has 6 atom stereocenters. The van der Waals surface area contributed by atoms with E-state index in [0.717, 1.165) is 33.6 Å². The SMILES string of the molecule is CO[C@H](C)[C@H](N=C(C)[C@@]1(C)CCC(F)(F)CO1)c1ncc(-c2ccc(-c3ccc(-c4cnc([C@@H](NC(=O)[C@@]5(C)CCC(F)(F)CO5)[C@@H](C)OC)[nH]4)cc3)cc2)[nH]1. The predicted molar refractivity (Wildman–Crippen MR) is 204 cm³/mol. The molecule has 4 aromatic rings. The molecular weight excluding hydrogens is 732 g/mol. The molecule has 0 spiro atoms. The number of benzene rings is 2. The van der Waals surface area contributed by atoms with Gasteiger partial charge in [-0.25, -0.2) is 27.5 Å². The number of carbonyl (C=O) groups excluding carboxylic acids is 1. The highest BCUT2D eigenvalue weighted by atomic mass is 19.3. The zero-order valence-electron chi connectivity index (χ0n) is 32.7. The van der Waals surface area contributed by atoms with E-state index < -0.39 is 66.8 Å². The zero-order chi connectivity index (χ0) is 40.5. The van der Waals surface area contributed by atoms with Crippen LogP contribution in [-0.4, -0.2) is 94.2 Å². The number of rotatable bonds is 13. The third-order valence-electron chi connectivity index (χ3n) is 11.2. The minimum atomic E-state index is -2.96. The van der Waals surface area contributed by atoms with Crippen molar-refractivity contribution < 1.29 is 41.3 Å². The molecule has 0 radical (unpaired) electrons. The highest BCUT2D eigenvalue weighted by molar-refractivity contribution is 5.90. The Morgan fingerprint density at radius 3 is 1.64 bits per heavy atom. The lowest BCUT2D eigenvalue weighted by Gasteiger charge is -2.38. The molecule has 15 heteroatoms. The summed E-state index contributed by atoms with van der Waals surface area (Å²) in [7, 11) is 3.11. The van der Waals surface area contributed by atoms with E-state index in [4.69, 9.17) is 23.9 Å². The summed E-state index contributed by atoms with van der Waals surface area (Å²) in [4.78, 5) is 34.0. The summed E-state index contributed by atoms with van der Waals surface area (Å²) in [6.45, 7) is 7.33. The van der Waals surface area contributed by atoms with Gasteiger partial charge in [0.1, 0.15) is 48.1 Å². The van der Waals surface area contributed by atoms with Gasteiger partial charge in [0.05, 0.1) is 36.0 Å². The van der Waals surface area contributed by atoms with Gasteiger partial charge in [-0.1, -0.05) is 48.5 Å². The van der Waals surface area contributed by atoms with Crippen LogP contribution in [0.2, 0.25) is 0 Å². The molecule has 56 heavy (non-hydrogen) atoms. The molecule has 11 nitrogen and oxygen atoms in total. The molecule has 302 valence electrons. The van der Waals surface area contributed by atoms with Gasteiger partial charge in [0, 0.05) is 32.8 Å². The summed E-state index contributed by atoms with van der Waals surface area (Å²) < 4.78 is 77.1. The molecule has 0 unspecified atom stereocenters. The molecule has 2 aliphatic heterocycles. The number of ether oxygens (including phenoxy) is 4. The van der Waals surface area contributed by atoms with E-state index in [9.17, 15) is 22.4 Å². The Morgan fingerprint density at radius 2 is 1.18 bits per heavy atom. The largest absolute Gasteiger partial charge is 0.379 e. The van der Waals surface area contributed by atoms with Crippen LogP contribution in [0.1, 0.15) is 84.0 Å². The number of nitrogens with one attached hydrogen (secondary N) is 3. The lowest BCUT2D eigenvalue weighted by atomic mass is 9.90. The van der Waals surface area contributed by atoms with Crippen LogP contribution < -0.4 is 5.32 Å². The molecule has 0 saturated carbocycles. The molecule has 0 aliphatic carbocycles. The number of carbonyl (C=O) groups is 1. The molecule has 1 amide bonds. The Morgan fingerprint density at radius 1 is 0.732 bits per heavy atom. The number of hydrogen-bond donors (Lipinski definition) is 3. The first-order valence-electron chi connectivity index (χ1n) is 18.7. The highest BCUT2D eigenvalue weighted by Crippen LogP contribution is 2.37. The summed E-state index contributed by atoms with van der Waals surface area (Å²) in [5.74, 6) is -5.26. The van der Waals surface area contributed by atoms with Gasteiger partial charge in [0.2, 0.25) is 0 Å². The summed E-state index contributed by atoms with van der Waals surface area (Å²) in [6, 6.07) is 14.8. The summed E-state index contributed by atoms with van der Waals surface area (Å²) in [5, 5.41) is 2.90. The first-order valence-corrected chi connectivity index (χ1v) is 18.7. The van der Waals surface area contributed by atoms with Gasteiger partial charge in [-0.15, -0.1) is 0 Å². The van der Waals surface area contributed by atoms with Gasteiger partial charge in [-0.2, -0.15) is 0 Å². The van der Waals surface area contributed by atoms with Crippen LogP contribution in [0.5, 0.6) is 0 Å². The first kappa shape index (κ1) is 41.2. The van der Waals surface area contributed by atoms with Crippen LogP contribution in [0.4, 0.5) is 17.6 Å².